The fraction of sp³-hybridized carbons (Fsp3) is 0.583. The van der Waals surface area contributed by atoms with Gasteiger partial charge in [-0.3, -0.25) is 9.36 Å². The molecule has 0 saturated carbocycles. The number of nitrogens with one attached hydrogen (secondary N) is 1. The van der Waals surface area contributed by atoms with Crippen LogP contribution in [0.25, 0.3) is 0 Å². The SMILES string of the molecule is CC(C)CNCc1cn(CCn2cccn2)nn1. The second kappa shape index (κ2) is 6.30. The minimum absolute atomic E-state index is 0.653. The maximum absolute atomic E-state index is 4.15. The Bertz CT molecular complexity index is 445. The zero-order valence-corrected chi connectivity index (χ0v) is 11.0. The average Bonchev–Trinajstić information content (AvgIpc) is 2.96. The van der Waals surface area contributed by atoms with Crippen LogP contribution in [0.2, 0.25) is 0 Å². The van der Waals surface area contributed by atoms with E-state index in [4.69, 9.17) is 0 Å². The molecule has 2 rings (SSSR count). The molecule has 2 heterocycles. The quantitative estimate of drug-likeness (QED) is 0.791. The first kappa shape index (κ1) is 12.8. The van der Waals surface area contributed by atoms with Crippen molar-refractivity contribution in [1.29, 1.82) is 0 Å². The Morgan fingerprint density at radius 1 is 1.28 bits per heavy atom. The first-order valence-electron chi connectivity index (χ1n) is 6.31. The van der Waals surface area contributed by atoms with Crippen molar-refractivity contribution in [2.75, 3.05) is 6.54 Å². The molecule has 18 heavy (non-hydrogen) atoms. The molecule has 0 unspecified atom stereocenters. The van der Waals surface area contributed by atoms with E-state index >= 15 is 0 Å². The number of hydrogen-bond acceptors (Lipinski definition) is 4. The minimum Gasteiger partial charge on any atom is -0.311 e. The summed E-state index contributed by atoms with van der Waals surface area (Å²) >= 11 is 0. The standard InChI is InChI=1S/C12H20N6/c1-11(2)8-13-9-12-10-18(16-15-12)7-6-17-5-3-4-14-17/h3-5,10-11,13H,6-9H2,1-2H3. The van der Waals surface area contributed by atoms with Gasteiger partial charge in [0.2, 0.25) is 0 Å². The summed E-state index contributed by atoms with van der Waals surface area (Å²) in [5.74, 6) is 0.653. The molecule has 0 radical (unpaired) electrons. The van der Waals surface area contributed by atoms with Crippen molar-refractivity contribution in [3.8, 4) is 0 Å². The van der Waals surface area contributed by atoms with Crippen LogP contribution >= 0.6 is 0 Å². The molecule has 0 saturated heterocycles. The van der Waals surface area contributed by atoms with E-state index in [9.17, 15) is 0 Å². The van der Waals surface area contributed by atoms with E-state index in [1.165, 1.54) is 0 Å². The lowest BCUT2D eigenvalue weighted by atomic mass is 10.2. The molecule has 0 atom stereocenters. The van der Waals surface area contributed by atoms with E-state index in [2.05, 4.69) is 34.6 Å². The summed E-state index contributed by atoms with van der Waals surface area (Å²) in [6.45, 7) is 7.76. The molecule has 2 aromatic rings. The third-order valence-electron chi connectivity index (χ3n) is 2.56. The van der Waals surface area contributed by atoms with E-state index in [1.54, 1.807) is 6.20 Å². The van der Waals surface area contributed by atoms with E-state index in [-0.39, 0.29) is 0 Å². The van der Waals surface area contributed by atoms with Crippen molar-refractivity contribution in [2.24, 2.45) is 5.92 Å². The van der Waals surface area contributed by atoms with Crippen LogP contribution in [0.5, 0.6) is 0 Å². The lowest BCUT2D eigenvalue weighted by molar-refractivity contribution is 0.490. The Kier molecular flexibility index (Phi) is 4.46. The number of nitrogens with zero attached hydrogens (tertiary/aromatic N) is 5. The van der Waals surface area contributed by atoms with Gasteiger partial charge in [0.25, 0.3) is 0 Å². The lowest BCUT2D eigenvalue weighted by Gasteiger charge is -2.04. The molecule has 98 valence electrons. The van der Waals surface area contributed by atoms with Crippen LogP contribution in [0.4, 0.5) is 0 Å². The largest absolute Gasteiger partial charge is 0.311 e. The number of aryl methyl sites for hydroxylation is 2. The van der Waals surface area contributed by atoms with Crippen LogP contribution in [0.1, 0.15) is 19.5 Å². The number of hydrogen-bond donors (Lipinski definition) is 1. The first-order chi connectivity index (χ1) is 8.74. The predicted octanol–water partition coefficient (Wildman–Crippen LogP) is 0.920. The van der Waals surface area contributed by atoms with Crippen LogP contribution < -0.4 is 5.32 Å². The van der Waals surface area contributed by atoms with Crippen LogP contribution in [0, 0.1) is 5.92 Å². The Hall–Kier alpha value is -1.69. The van der Waals surface area contributed by atoms with Crippen molar-refractivity contribution in [3.05, 3.63) is 30.4 Å². The molecule has 0 bridgehead atoms. The van der Waals surface area contributed by atoms with Crippen LogP contribution in [0.3, 0.4) is 0 Å². The van der Waals surface area contributed by atoms with Gasteiger partial charge in [-0.2, -0.15) is 5.10 Å². The van der Waals surface area contributed by atoms with Crippen molar-refractivity contribution in [1.82, 2.24) is 30.1 Å². The second-order valence-corrected chi connectivity index (χ2v) is 4.77. The van der Waals surface area contributed by atoms with Gasteiger partial charge in [0.1, 0.15) is 0 Å². The van der Waals surface area contributed by atoms with Gasteiger partial charge in [0.05, 0.1) is 18.8 Å². The van der Waals surface area contributed by atoms with Gasteiger partial charge in [-0.15, -0.1) is 5.10 Å². The van der Waals surface area contributed by atoms with E-state index in [0.717, 1.165) is 31.9 Å². The Morgan fingerprint density at radius 2 is 2.11 bits per heavy atom. The molecule has 0 spiro atoms. The zero-order chi connectivity index (χ0) is 12.8. The topological polar surface area (TPSA) is 60.6 Å². The summed E-state index contributed by atoms with van der Waals surface area (Å²) in [5.41, 5.74) is 0.983. The molecule has 6 nitrogen and oxygen atoms in total. The van der Waals surface area contributed by atoms with Crippen molar-refractivity contribution >= 4 is 0 Å². The van der Waals surface area contributed by atoms with Gasteiger partial charge < -0.3 is 5.32 Å². The summed E-state index contributed by atoms with van der Waals surface area (Å²) in [5, 5.41) is 15.7. The van der Waals surface area contributed by atoms with E-state index in [0.29, 0.717) is 5.92 Å². The van der Waals surface area contributed by atoms with Crippen molar-refractivity contribution in [3.63, 3.8) is 0 Å². The maximum Gasteiger partial charge on any atom is 0.0964 e. The van der Waals surface area contributed by atoms with Gasteiger partial charge in [-0.05, 0) is 18.5 Å². The highest BCUT2D eigenvalue weighted by atomic mass is 15.4. The Balaban J connectivity index is 1.75. The highest BCUT2D eigenvalue weighted by Crippen LogP contribution is 1.95. The summed E-state index contributed by atoms with van der Waals surface area (Å²) in [6.07, 6.45) is 5.71. The van der Waals surface area contributed by atoms with Crippen LogP contribution in [-0.4, -0.2) is 31.3 Å². The van der Waals surface area contributed by atoms with E-state index in [1.807, 2.05) is 27.8 Å². The minimum atomic E-state index is 0.653. The van der Waals surface area contributed by atoms with Crippen LogP contribution in [-0.2, 0) is 19.6 Å². The first-order valence-corrected chi connectivity index (χ1v) is 6.31. The molecule has 0 aliphatic rings. The fourth-order valence-corrected chi connectivity index (χ4v) is 1.66. The predicted molar refractivity (Wildman–Crippen MR) is 68.8 cm³/mol. The summed E-state index contributed by atoms with van der Waals surface area (Å²) in [6, 6.07) is 1.92. The maximum atomic E-state index is 4.15. The van der Waals surface area contributed by atoms with Crippen molar-refractivity contribution < 1.29 is 0 Å². The third-order valence-corrected chi connectivity index (χ3v) is 2.56. The van der Waals surface area contributed by atoms with Crippen molar-refractivity contribution in [2.45, 2.75) is 33.5 Å². The zero-order valence-electron chi connectivity index (χ0n) is 11.0. The van der Waals surface area contributed by atoms with Gasteiger partial charge in [0.15, 0.2) is 0 Å². The fourth-order valence-electron chi connectivity index (χ4n) is 1.66. The van der Waals surface area contributed by atoms with Gasteiger partial charge in [0, 0.05) is 25.1 Å². The highest BCUT2D eigenvalue weighted by molar-refractivity contribution is 4.91. The van der Waals surface area contributed by atoms with Crippen LogP contribution in [0.15, 0.2) is 24.7 Å². The molecule has 0 aromatic carbocycles. The summed E-state index contributed by atoms with van der Waals surface area (Å²) in [4.78, 5) is 0. The number of aromatic nitrogens is 5. The molecule has 0 aliphatic carbocycles. The van der Waals surface area contributed by atoms with Gasteiger partial charge >= 0.3 is 0 Å². The normalized spacial score (nSPS) is 11.3. The van der Waals surface area contributed by atoms with Gasteiger partial charge in [-0.1, -0.05) is 19.1 Å². The molecule has 6 heteroatoms. The molecule has 1 N–H and O–H groups in total. The summed E-state index contributed by atoms with van der Waals surface area (Å²) in [7, 11) is 0. The Labute approximate surface area is 107 Å². The van der Waals surface area contributed by atoms with Gasteiger partial charge in [-0.25, -0.2) is 0 Å². The molecule has 0 amide bonds. The Morgan fingerprint density at radius 3 is 2.83 bits per heavy atom. The third kappa shape index (κ3) is 3.96. The molecular formula is C12H20N6. The monoisotopic (exact) mass is 248 g/mol. The second-order valence-electron chi connectivity index (χ2n) is 4.77. The smallest absolute Gasteiger partial charge is 0.0964 e. The molecule has 0 aliphatic heterocycles. The molecular weight excluding hydrogens is 228 g/mol. The average molecular weight is 248 g/mol. The lowest BCUT2D eigenvalue weighted by Crippen LogP contribution is -2.19. The highest BCUT2D eigenvalue weighted by Gasteiger charge is 2.01. The molecule has 2 aromatic heterocycles. The number of rotatable bonds is 7. The van der Waals surface area contributed by atoms with E-state index < -0.39 is 0 Å². The molecule has 0 fully saturated rings. The summed E-state index contributed by atoms with van der Waals surface area (Å²) < 4.78 is 3.74.